The van der Waals surface area contributed by atoms with Crippen molar-refractivity contribution < 1.29 is 9.59 Å². The molecule has 1 aliphatic rings. The normalized spacial score (nSPS) is 15.8. The largest absolute Gasteiger partial charge is 0.355 e. The lowest BCUT2D eigenvalue weighted by molar-refractivity contribution is -0.122. The number of amides is 3. The van der Waals surface area contributed by atoms with Gasteiger partial charge in [-0.3, -0.25) is 9.69 Å². The zero-order valence-electron chi connectivity index (χ0n) is 13.3. The first kappa shape index (κ1) is 16.3. The highest BCUT2D eigenvalue weighted by Gasteiger charge is 2.38. The molecular formula is C18H18ClN3O2. The number of nitrogens with one attached hydrogen (secondary N) is 2. The number of rotatable bonds is 3. The van der Waals surface area contributed by atoms with Crippen molar-refractivity contribution in [2.24, 2.45) is 0 Å². The maximum Gasteiger partial charge on any atom is 0.327 e. The van der Waals surface area contributed by atoms with Gasteiger partial charge < -0.3 is 10.6 Å². The van der Waals surface area contributed by atoms with Gasteiger partial charge in [-0.25, -0.2) is 4.79 Å². The lowest BCUT2D eigenvalue weighted by Crippen LogP contribution is -2.49. The first-order valence-electron chi connectivity index (χ1n) is 7.82. The van der Waals surface area contributed by atoms with Crippen molar-refractivity contribution in [2.45, 2.75) is 19.4 Å². The third-order valence-corrected chi connectivity index (χ3v) is 4.29. The molecule has 0 saturated carbocycles. The minimum Gasteiger partial charge on any atom is -0.355 e. The standard InChI is InChI=1S/C18H18ClN3O2/c1-2-20-17(23)16-11-12-7-3-6-10-15(12)22(16)18(24)21-14-9-5-4-8-13(14)19/h3-10,16H,2,11H2,1H3,(H,20,23)(H,21,24)/t16-/m1/s1. The van der Waals surface area contributed by atoms with Gasteiger partial charge in [0, 0.05) is 18.7 Å². The highest BCUT2D eigenvalue weighted by molar-refractivity contribution is 6.33. The monoisotopic (exact) mass is 343 g/mol. The number of para-hydroxylation sites is 2. The molecule has 0 aliphatic carbocycles. The zero-order chi connectivity index (χ0) is 17.1. The number of urea groups is 1. The Hall–Kier alpha value is -2.53. The minimum atomic E-state index is -0.565. The van der Waals surface area contributed by atoms with Crippen LogP contribution in [0.15, 0.2) is 48.5 Å². The van der Waals surface area contributed by atoms with Crippen molar-refractivity contribution in [3.8, 4) is 0 Å². The van der Waals surface area contributed by atoms with E-state index in [2.05, 4.69) is 10.6 Å². The second kappa shape index (κ2) is 6.93. The molecule has 0 radical (unpaired) electrons. The van der Waals surface area contributed by atoms with Gasteiger partial charge in [0.1, 0.15) is 6.04 Å². The Labute approximate surface area is 145 Å². The second-order valence-corrected chi connectivity index (χ2v) is 5.93. The maximum absolute atomic E-state index is 12.8. The third-order valence-electron chi connectivity index (χ3n) is 3.96. The number of benzene rings is 2. The van der Waals surface area contributed by atoms with E-state index in [1.54, 1.807) is 24.3 Å². The first-order chi connectivity index (χ1) is 11.6. The van der Waals surface area contributed by atoms with Crippen LogP contribution in [0.2, 0.25) is 5.02 Å². The van der Waals surface area contributed by atoms with Gasteiger partial charge in [0.2, 0.25) is 5.91 Å². The quantitative estimate of drug-likeness (QED) is 0.896. The molecule has 1 aliphatic heterocycles. The zero-order valence-corrected chi connectivity index (χ0v) is 14.0. The van der Waals surface area contributed by atoms with E-state index in [1.807, 2.05) is 31.2 Å². The summed E-state index contributed by atoms with van der Waals surface area (Å²) in [6.07, 6.45) is 0.498. The van der Waals surface area contributed by atoms with Crippen molar-refractivity contribution in [3.63, 3.8) is 0 Å². The van der Waals surface area contributed by atoms with Crippen LogP contribution in [-0.2, 0) is 11.2 Å². The van der Waals surface area contributed by atoms with Gasteiger partial charge in [-0.2, -0.15) is 0 Å². The van der Waals surface area contributed by atoms with E-state index in [4.69, 9.17) is 11.6 Å². The molecule has 0 fully saturated rings. The molecule has 1 heterocycles. The van der Waals surface area contributed by atoms with Gasteiger partial charge in [0.15, 0.2) is 0 Å². The number of likely N-dealkylation sites (N-methyl/N-ethyl adjacent to an activating group) is 1. The highest BCUT2D eigenvalue weighted by Crippen LogP contribution is 2.33. The molecule has 2 aromatic carbocycles. The molecule has 2 aromatic rings. The van der Waals surface area contributed by atoms with Gasteiger partial charge in [0.25, 0.3) is 0 Å². The molecule has 3 amide bonds. The number of anilines is 2. The molecule has 3 rings (SSSR count). The predicted molar refractivity (Wildman–Crippen MR) is 95.6 cm³/mol. The average molecular weight is 344 g/mol. The highest BCUT2D eigenvalue weighted by atomic mass is 35.5. The Bertz CT molecular complexity index is 778. The van der Waals surface area contributed by atoms with E-state index in [-0.39, 0.29) is 11.9 Å². The van der Waals surface area contributed by atoms with E-state index >= 15 is 0 Å². The fraction of sp³-hybridized carbons (Fsp3) is 0.222. The molecule has 1 atom stereocenters. The van der Waals surface area contributed by atoms with Gasteiger partial charge in [0.05, 0.1) is 10.7 Å². The molecule has 124 valence electrons. The molecule has 24 heavy (non-hydrogen) atoms. The van der Waals surface area contributed by atoms with Crippen molar-refractivity contribution in [2.75, 3.05) is 16.8 Å². The minimum absolute atomic E-state index is 0.164. The molecule has 0 saturated heterocycles. The molecule has 2 N–H and O–H groups in total. The topological polar surface area (TPSA) is 61.4 Å². The summed E-state index contributed by atoms with van der Waals surface area (Å²) < 4.78 is 0. The van der Waals surface area contributed by atoms with E-state index in [1.165, 1.54) is 4.90 Å². The number of nitrogens with zero attached hydrogens (tertiary/aromatic N) is 1. The fourth-order valence-electron chi connectivity index (χ4n) is 2.88. The smallest absolute Gasteiger partial charge is 0.327 e. The molecule has 5 nitrogen and oxygen atoms in total. The molecule has 0 spiro atoms. The number of hydrogen-bond acceptors (Lipinski definition) is 2. The molecular weight excluding hydrogens is 326 g/mol. The SMILES string of the molecule is CCNC(=O)[C@H]1Cc2ccccc2N1C(=O)Nc1ccccc1Cl. The van der Waals surface area contributed by atoms with Crippen LogP contribution in [0.4, 0.5) is 16.2 Å². The van der Waals surface area contributed by atoms with Crippen molar-refractivity contribution >= 4 is 34.9 Å². The van der Waals surface area contributed by atoms with Crippen LogP contribution < -0.4 is 15.5 Å². The van der Waals surface area contributed by atoms with Crippen molar-refractivity contribution in [1.82, 2.24) is 5.32 Å². The Kier molecular flexibility index (Phi) is 4.71. The summed E-state index contributed by atoms with van der Waals surface area (Å²) in [6.45, 7) is 2.37. The number of carbonyl (C=O) groups excluding carboxylic acids is 2. The Morgan fingerprint density at radius 2 is 1.88 bits per heavy atom. The summed E-state index contributed by atoms with van der Waals surface area (Å²) >= 11 is 6.11. The Morgan fingerprint density at radius 1 is 1.17 bits per heavy atom. The fourth-order valence-corrected chi connectivity index (χ4v) is 3.06. The summed E-state index contributed by atoms with van der Waals surface area (Å²) in [5.74, 6) is -0.164. The molecule has 0 aromatic heterocycles. The average Bonchev–Trinajstić information content (AvgIpc) is 2.97. The van der Waals surface area contributed by atoms with Crippen LogP contribution in [0.3, 0.4) is 0 Å². The van der Waals surface area contributed by atoms with E-state index in [0.717, 1.165) is 11.3 Å². The van der Waals surface area contributed by atoms with Gasteiger partial charge in [-0.15, -0.1) is 0 Å². The summed E-state index contributed by atoms with van der Waals surface area (Å²) in [5.41, 5.74) is 2.24. The summed E-state index contributed by atoms with van der Waals surface area (Å²) in [5, 5.41) is 6.04. The molecule has 0 unspecified atom stereocenters. The Balaban J connectivity index is 1.90. The van der Waals surface area contributed by atoms with Gasteiger partial charge >= 0.3 is 6.03 Å². The summed E-state index contributed by atoms with van der Waals surface area (Å²) in [4.78, 5) is 26.7. The van der Waals surface area contributed by atoms with Crippen LogP contribution in [0, 0.1) is 0 Å². The molecule has 0 bridgehead atoms. The number of fused-ring (bicyclic) bond motifs is 1. The number of carbonyl (C=O) groups is 2. The van der Waals surface area contributed by atoms with E-state index in [0.29, 0.717) is 23.7 Å². The lowest BCUT2D eigenvalue weighted by atomic mass is 10.1. The van der Waals surface area contributed by atoms with E-state index in [9.17, 15) is 9.59 Å². The maximum atomic E-state index is 12.8. The molecule has 6 heteroatoms. The van der Waals surface area contributed by atoms with Crippen molar-refractivity contribution in [1.29, 1.82) is 0 Å². The summed E-state index contributed by atoms with van der Waals surface area (Å²) in [7, 11) is 0. The number of halogens is 1. The second-order valence-electron chi connectivity index (χ2n) is 5.52. The summed E-state index contributed by atoms with van der Waals surface area (Å²) in [6, 6.07) is 13.6. The first-order valence-corrected chi connectivity index (χ1v) is 8.20. The third kappa shape index (κ3) is 3.08. The van der Waals surface area contributed by atoms with Crippen LogP contribution in [0.1, 0.15) is 12.5 Å². The van der Waals surface area contributed by atoms with Gasteiger partial charge in [-0.1, -0.05) is 41.9 Å². The lowest BCUT2D eigenvalue weighted by Gasteiger charge is -2.25. The van der Waals surface area contributed by atoms with Crippen LogP contribution in [0.5, 0.6) is 0 Å². The predicted octanol–water partition coefficient (Wildman–Crippen LogP) is 3.44. The van der Waals surface area contributed by atoms with E-state index < -0.39 is 6.04 Å². The number of hydrogen-bond donors (Lipinski definition) is 2. The van der Waals surface area contributed by atoms with Crippen LogP contribution in [0.25, 0.3) is 0 Å². The van der Waals surface area contributed by atoms with Crippen LogP contribution >= 0.6 is 11.6 Å². The van der Waals surface area contributed by atoms with Crippen molar-refractivity contribution in [3.05, 3.63) is 59.1 Å². The Morgan fingerprint density at radius 3 is 2.62 bits per heavy atom. The van der Waals surface area contributed by atoms with Gasteiger partial charge in [-0.05, 0) is 30.7 Å². The van der Waals surface area contributed by atoms with Crippen LogP contribution in [-0.4, -0.2) is 24.5 Å².